The van der Waals surface area contributed by atoms with E-state index in [1.807, 2.05) is 0 Å². The van der Waals surface area contributed by atoms with Gasteiger partial charge in [0.25, 0.3) is 0 Å². The standard InChI is InChI=1S/C19H17ClF3N3O3/c1-18(28)6-10(7-18)26-17(19(21,22)23)12(8-24-26)16-13(9-27)15(25-29-16)11-4-2-3-5-14(11)20/h2-5,8,10,27-28H,6-7,9H2,1H3/t10-,18+. The van der Waals surface area contributed by atoms with E-state index in [0.717, 1.165) is 10.9 Å². The molecule has 1 aliphatic carbocycles. The van der Waals surface area contributed by atoms with Crippen molar-refractivity contribution >= 4 is 11.6 Å². The SMILES string of the molecule is C[C@]1(O)C[C@@H](n2ncc(-c3onc(-c4ccccc4Cl)c3CO)c2C(F)(F)F)C1. The van der Waals surface area contributed by atoms with Gasteiger partial charge in [-0.05, 0) is 25.8 Å². The summed E-state index contributed by atoms with van der Waals surface area (Å²) in [5.74, 6) is -0.216. The van der Waals surface area contributed by atoms with Crippen LogP contribution in [0.5, 0.6) is 0 Å². The number of nitrogens with zero attached hydrogens (tertiary/aromatic N) is 3. The Balaban J connectivity index is 1.84. The molecule has 1 aromatic carbocycles. The minimum Gasteiger partial charge on any atom is -0.391 e. The van der Waals surface area contributed by atoms with Gasteiger partial charge in [0.05, 0.1) is 40.6 Å². The molecule has 1 aliphatic rings. The van der Waals surface area contributed by atoms with E-state index in [0.29, 0.717) is 10.6 Å². The van der Waals surface area contributed by atoms with E-state index in [1.54, 1.807) is 31.2 Å². The first kappa shape index (κ1) is 19.9. The molecule has 4 rings (SSSR count). The Morgan fingerprint density at radius 2 is 1.97 bits per heavy atom. The molecular formula is C19H17ClF3N3O3. The van der Waals surface area contributed by atoms with E-state index in [4.69, 9.17) is 16.1 Å². The molecular weight excluding hydrogens is 411 g/mol. The highest BCUT2D eigenvalue weighted by Crippen LogP contribution is 2.47. The van der Waals surface area contributed by atoms with E-state index in [1.165, 1.54) is 0 Å². The number of hydrogen-bond donors (Lipinski definition) is 2. The average molecular weight is 428 g/mol. The number of rotatable bonds is 4. The highest BCUT2D eigenvalue weighted by atomic mass is 35.5. The Labute approximate surface area is 168 Å². The normalized spacial score (nSPS) is 22.0. The van der Waals surface area contributed by atoms with Crippen molar-refractivity contribution in [3.8, 4) is 22.6 Å². The minimum atomic E-state index is -4.72. The lowest BCUT2D eigenvalue weighted by molar-refractivity contribution is -0.148. The number of aromatic nitrogens is 3. The van der Waals surface area contributed by atoms with Gasteiger partial charge in [-0.3, -0.25) is 4.68 Å². The van der Waals surface area contributed by atoms with Crippen LogP contribution in [-0.4, -0.2) is 30.8 Å². The van der Waals surface area contributed by atoms with Crippen molar-refractivity contribution in [3.63, 3.8) is 0 Å². The number of aliphatic hydroxyl groups is 2. The van der Waals surface area contributed by atoms with E-state index in [2.05, 4.69) is 10.3 Å². The lowest BCUT2D eigenvalue weighted by Crippen LogP contribution is -2.43. The summed E-state index contributed by atoms with van der Waals surface area (Å²) in [6.07, 6.45) is -3.36. The lowest BCUT2D eigenvalue weighted by atomic mass is 9.77. The topological polar surface area (TPSA) is 84.3 Å². The highest BCUT2D eigenvalue weighted by Gasteiger charge is 2.47. The van der Waals surface area contributed by atoms with Crippen LogP contribution in [0.1, 0.15) is 37.1 Å². The van der Waals surface area contributed by atoms with Gasteiger partial charge in [-0.2, -0.15) is 18.3 Å². The van der Waals surface area contributed by atoms with Crippen molar-refractivity contribution in [2.45, 2.75) is 44.2 Å². The van der Waals surface area contributed by atoms with E-state index < -0.39 is 30.1 Å². The van der Waals surface area contributed by atoms with Crippen LogP contribution < -0.4 is 0 Å². The van der Waals surface area contributed by atoms with Crippen LogP contribution in [0.2, 0.25) is 5.02 Å². The first-order chi connectivity index (χ1) is 13.6. The third kappa shape index (κ3) is 3.43. The van der Waals surface area contributed by atoms with E-state index >= 15 is 0 Å². The van der Waals surface area contributed by atoms with Crippen LogP contribution in [0, 0.1) is 0 Å². The van der Waals surface area contributed by atoms with Gasteiger partial charge in [-0.1, -0.05) is 35.0 Å². The molecule has 0 amide bonds. The molecule has 10 heteroatoms. The Bertz CT molecular complexity index is 1050. The summed E-state index contributed by atoms with van der Waals surface area (Å²) in [5.41, 5.74) is -1.65. The fourth-order valence-electron chi connectivity index (χ4n) is 3.75. The summed E-state index contributed by atoms with van der Waals surface area (Å²) in [7, 11) is 0. The second kappa shape index (κ2) is 6.86. The molecule has 3 aromatic rings. The lowest BCUT2D eigenvalue weighted by Gasteiger charge is -2.41. The molecule has 2 heterocycles. The molecule has 0 spiro atoms. The van der Waals surface area contributed by atoms with Crippen molar-refractivity contribution in [3.05, 3.63) is 46.7 Å². The van der Waals surface area contributed by atoms with Gasteiger partial charge in [0, 0.05) is 5.56 Å². The van der Waals surface area contributed by atoms with E-state index in [-0.39, 0.29) is 35.4 Å². The number of aliphatic hydroxyl groups excluding tert-OH is 1. The van der Waals surface area contributed by atoms with Crippen LogP contribution >= 0.6 is 11.6 Å². The number of alkyl halides is 3. The fourth-order valence-corrected chi connectivity index (χ4v) is 3.97. The first-order valence-electron chi connectivity index (χ1n) is 8.84. The zero-order valence-electron chi connectivity index (χ0n) is 15.2. The van der Waals surface area contributed by atoms with Crippen LogP contribution in [0.4, 0.5) is 13.2 Å². The maximum absolute atomic E-state index is 13.9. The van der Waals surface area contributed by atoms with Gasteiger partial charge >= 0.3 is 6.18 Å². The Morgan fingerprint density at radius 1 is 1.28 bits per heavy atom. The molecule has 1 saturated carbocycles. The van der Waals surface area contributed by atoms with Crippen molar-refractivity contribution in [1.82, 2.24) is 14.9 Å². The van der Waals surface area contributed by atoms with Crippen LogP contribution in [-0.2, 0) is 12.8 Å². The van der Waals surface area contributed by atoms with Gasteiger partial charge in [-0.15, -0.1) is 0 Å². The molecule has 6 nitrogen and oxygen atoms in total. The third-order valence-corrected chi connectivity index (χ3v) is 5.41. The third-order valence-electron chi connectivity index (χ3n) is 5.08. The predicted octanol–water partition coefficient (Wildman–Crippen LogP) is 4.46. The van der Waals surface area contributed by atoms with Crippen molar-refractivity contribution in [2.24, 2.45) is 0 Å². The zero-order chi connectivity index (χ0) is 21.0. The summed E-state index contributed by atoms with van der Waals surface area (Å²) < 4.78 is 47.8. The quantitative estimate of drug-likeness (QED) is 0.642. The molecule has 29 heavy (non-hydrogen) atoms. The zero-order valence-corrected chi connectivity index (χ0v) is 16.0. The van der Waals surface area contributed by atoms with Gasteiger partial charge in [-0.25, -0.2) is 0 Å². The molecule has 0 saturated heterocycles. The molecule has 0 atom stereocenters. The summed E-state index contributed by atoms with van der Waals surface area (Å²) in [6.45, 7) is 0.970. The van der Waals surface area contributed by atoms with Gasteiger partial charge < -0.3 is 14.7 Å². The Kier molecular flexibility index (Phi) is 4.71. The second-order valence-corrected chi connectivity index (χ2v) is 7.79. The fraction of sp³-hybridized carbons (Fsp3) is 0.368. The predicted molar refractivity (Wildman–Crippen MR) is 98.0 cm³/mol. The van der Waals surface area contributed by atoms with Crippen LogP contribution in [0.3, 0.4) is 0 Å². The van der Waals surface area contributed by atoms with Crippen molar-refractivity contribution < 1.29 is 27.9 Å². The molecule has 1 fully saturated rings. The van der Waals surface area contributed by atoms with Gasteiger partial charge in [0.1, 0.15) is 5.69 Å². The summed E-state index contributed by atoms with van der Waals surface area (Å²) in [4.78, 5) is 0. The largest absolute Gasteiger partial charge is 0.433 e. The number of halogens is 4. The molecule has 0 radical (unpaired) electrons. The summed E-state index contributed by atoms with van der Waals surface area (Å²) in [6, 6.07) is 6.05. The minimum absolute atomic E-state index is 0.0868. The Morgan fingerprint density at radius 3 is 2.55 bits per heavy atom. The molecule has 0 bridgehead atoms. The number of benzene rings is 1. The number of hydrogen-bond acceptors (Lipinski definition) is 5. The monoisotopic (exact) mass is 427 g/mol. The average Bonchev–Trinajstić information content (AvgIpc) is 3.23. The van der Waals surface area contributed by atoms with Gasteiger partial charge in [0.2, 0.25) is 0 Å². The highest BCUT2D eigenvalue weighted by molar-refractivity contribution is 6.33. The van der Waals surface area contributed by atoms with Crippen molar-refractivity contribution in [2.75, 3.05) is 0 Å². The molecule has 2 aromatic heterocycles. The summed E-state index contributed by atoms with van der Waals surface area (Å²) in [5, 5.41) is 27.9. The van der Waals surface area contributed by atoms with Gasteiger partial charge in [0.15, 0.2) is 11.5 Å². The molecule has 154 valence electrons. The van der Waals surface area contributed by atoms with Crippen LogP contribution in [0.25, 0.3) is 22.6 Å². The molecule has 0 aliphatic heterocycles. The first-order valence-corrected chi connectivity index (χ1v) is 9.22. The maximum atomic E-state index is 13.9. The molecule has 0 unspecified atom stereocenters. The van der Waals surface area contributed by atoms with Crippen LogP contribution in [0.15, 0.2) is 35.0 Å². The molecule has 2 N–H and O–H groups in total. The van der Waals surface area contributed by atoms with Crippen molar-refractivity contribution in [1.29, 1.82) is 0 Å². The second-order valence-electron chi connectivity index (χ2n) is 7.39. The van der Waals surface area contributed by atoms with E-state index in [9.17, 15) is 23.4 Å². The smallest absolute Gasteiger partial charge is 0.391 e. The summed E-state index contributed by atoms with van der Waals surface area (Å²) >= 11 is 6.16. The Hall–Kier alpha value is -2.36. The maximum Gasteiger partial charge on any atom is 0.433 e.